The highest BCUT2D eigenvalue weighted by Crippen LogP contribution is 2.36. The van der Waals surface area contributed by atoms with E-state index in [1.807, 2.05) is 0 Å². The number of amides is 1. The molecule has 2 aromatic carbocycles. The maximum Gasteiger partial charge on any atom is 0.258 e. The Morgan fingerprint density at radius 2 is 1.79 bits per heavy atom. The Balaban J connectivity index is 2.58. The van der Waals surface area contributed by atoms with Gasteiger partial charge in [0.2, 0.25) is 10.0 Å². The van der Waals surface area contributed by atoms with Crippen LogP contribution in [0.1, 0.15) is 17.3 Å². The van der Waals surface area contributed by atoms with Crippen LogP contribution in [0.2, 0.25) is 0 Å². The van der Waals surface area contributed by atoms with Crippen LogP contribution < -0.4 is 19.1 Å². The molecule has 0 unspecified atom stereocenters. The summed E-state index contributed by atoms with van der Waals surface area (Å²) >= 11 is 3.15. The lowest BCUT2D eigenvalue weighted by Crippen LogP contribution is -2.30. The molecular formula is C18H20BrFN2O5S. The van der Waals surface area contributed by atoms with E-state index in [9.17, 15) is 17.6 Å². The van der Waals surface area contributed by atoms with Gasteiger partial charge in [0.05, 0.1) is 36.9 Å². The Hall–Kier alpha value is -2.33. The van der Waals surface area contributed by atoms with E-state index in [1.165, 1.54) is 52.5 Å². The molecule has 0 aromatic heterocycles. The number of methoxy groups -OCH3 is 2. The van der Waals surface area contributed by atoms with Crippen LogP contribution in [0.15, 0.2) is 34.8 Å². The van der Waals surface area contributed by atoms with Crippen LogP contribution in [0.5, 0.6) is 11.5 Å². The minimum atomic E-state index is -3.66. The van der Waals surface area contributed by atoms with Gasteiger partial charge in [0.25, 0.3) is 5.91 Å². The number of sulfonamides is 1. The van der Waals surface area contributed by atoms with Gasteiger partial charge in [-0.25, -0.2) is 12.8 Å². The smallest absolute Gasteiger partial charge is 0.258 e. The third kappa shape index (κ3) is 4.56. The van der Waals surface area contributed by atoms with Gasteiger partial charge in [0.1, 0.15) is 5.82 Å². The second-order valence-corrected chi connectivity index (χ2v) is 8.88. The maximum atomic E-state index is 14.1. The first-order valence-electron chi connectivity index (χ1n) is 8.13. The van der Waals surface area contributed by atoms with Crippen LogP contribution in [-0.4, -0.2) is 41.3 Å². The van der Waals surface area contributed by atoms with E-state index in [0.717, 1.165) is 4.31 Å². The van der Waals surface area contributed by atoms with E-state index in [-0.39, 0.29) is 34.2 Å². The molecule has 0 radical (unpaired) electrons. The molecule has 0 spiro atoms. The fourth-order valence-corrected chi connectivity index (χ4v) is 3.61. The van der Waals surface area contributed by atoms with Crippen LogP contribution in [0.4, 0.5) is 15.8 Å². The molecule has 7 nitrogen and oxygen atoms in total. The number of anilines is 2. The van der Waals surface area contributed by atoms with Gasteiger partial charge in [-0.2, -0.15) is 0 Å². The van der Waals surface area contributed by atoms with Crippen molar-refractivity contribution in [3.05, 3.63) is 46.2 Å². The first-order chi connectivity index (χ1) is 13.1. The van der Waals surface area contributed by atoms with Gasteiger partial charge in [-0.1, -0.05) is 15.9 Å². The SMILES string of the molecule is CCS(=O)(=O)N(C)c1cc(OC)c(OC)cc1C(=O)Nc1ccc(Br)cc1F. The normalized spacial score (nSPS) is 11.1. The van der Waals surface area contributed by atoms with Gasteiger partial charge < -0.3 is 14.8 Å². The van der Waals surface area contributed by atoms with Crippen LogP contribution in [0.25, 0.3) is 0 Å². The summed E-state index contributed by atoms with van der Waals surface area (Å²) in [4.78, 5) is 12.9. The summed E-state index contributed by atoms with van der Waals surface area (Å²) in [5.74, 6) is -1.02. The summed E-state index contributed by atoms with van der Waals surface area (Å²) in [6, 6.07) is 6.91. The van der Waals surface area contributed by atoms with Gasteiger partial charge in [-0.3, -0.25) is 9.10 Å². The number of carbonyl (C=O) groups excluding carboxylic acids is 1. The second kappa shape index (κ2) is 8.78. The number of nitrogens with one attached hydrogen (secondary N) is 1. The lowest BCUT2D eigenvalue weighted by Gasteiger charge is -2.23. The summed E-state index contributed by atoms with van der Waals surface area (Å²) in [7, 11) is 0.453. The van der Waals surface area contributed by atoms with E-state index >= 15 is 0 Å². The van der Waals surface area contributed by atoms with Gasteiger partial charge in [-0.05, 0) is 31.2 Å². The quantitative estimate of drug-likeness (QED) is 0.661. The molecule has 0 fully saturated rings. The van der Waals surface area contributed by atoms with Crippen LogP contribution in [-0.2, 0) is 10.0 Å². The zero-order valence-electron chi connectivity index (χ0n) is 15.7. The van der Waals surface area contributed by atoms with E-state index in [4.69, 9.17) is 9.47 Å². The van der Waals surface area contributed by atoms with Crippen LogP contribution >= 0.6 is 15.9 Å². The lowest BCUT2D eigenvalue weighted by molar-refractivity contribution is 0.102. The molecule has 2 rings (SSSR count). The molecule has 0 aliphatic carbocycles. The third-order valence-corrected chi connectivity index (χ3v) is 6.30. The molecule has 0 bridgehead atoms. The predicted molar refractivity (Wildman–Crippen MR) is 109 cm³/mol. The monoisotopic (exact) mass is 474 g/mol. The highest BCUT2D eigenvalue weighted by atomic mass is 79.9. The Kier molecular flexibility index (Phi) is 6.89. The molecule has 2 aromatic rings. The molecule has 28 heavy (non-hydrogen) atoms. The van der Waals surface area contributed by atoms with Crippen molar-refractivity contribution >= 4 is 43.2 Å². The molecule has 0 aliphatic heterocycles. The topological polar surface area (TPSA) is 84.9 Å². The zero-order valence-corrected chi connectivity index (χ0v) is 18.1. The number of nitrogens with zero attached hydrogens (tertiary/aromatic N) is 1. The van der Waals surface area contributed by atoms with Crippen LogP contribution in [0, 0.1) is 5.82 Å². The van der Waals surface area contributed by atoms with Crippen LogP contribution in [0.3, 0.4) is 0 Å². The largest absolute Gasteiger partial charge is 0.493 e. The predicted octanol–water partition coefficient (Wildman–Crippen LogP) is 3.64. The highest BCUT2D eigenvalue weighted by Gasteiger charge is 2.25. The fourth-order valence-electron chi connectivity index (χ4n) is 2.43. The van der Waals surface area contributed by atoms with Gasteiger partial charge >= 0.3 is 0 Å². The second-order valence-electron chi connectivity index (χ2n) is 5.67. The van der Waals surface area contributed by atoms with E-state index < -0.39 is 21.7 Å². The molecule has 1 amide bonds. The average molecular weight is 475 g/mol. The fraction of sp³-hybridized carbons (Fsp3) is 0.278. The van der Waals surface area contributed by atoms with Crippen molar-refractivity contribution in [1.29, 1.82) is 0 Å². The number of ether oxygens (including phenoxy) is 2. The summed E-state index contributed by atoms with van der Waals surface area (Å²) in [6.45, 7) is 1.49. The Morgan fingerprint density at radius 3 is 2.32 bits per heavy atom. The van der Waals surface area contributed by atoms with E-state index in [0.29, 0.717) is 4.47 Å². The zero-order chi connectivity index (χ0) is 21.1. The standard InChI is InChI=1S/C18H20BrFN2O5S/c1-5-28(24,25)22(2)15-10-17(27-4)16(26-3)9-12(15)18(23)21-14-7-6-11(19)8-13(14)20/h6-10H,5H2,1-4H3,(H,21,23). The summed E-state index contributed by atoms with van der Waals surface area (Å²) < 4.78 is 50.7. The number of benzene rings is 2. The van der Waals surface area contributed by atoms with Crippen molar-refractivity contribution in [1.82, 2.24) is 0 Å². The number of carbonyl (C=O) groups is 1. The van der Waals surface area contributed by atoms with Crippen molar-refractivity contribution < 1.29 is 27.1 Å². The molecule has 10 heteroatoms. The van der Waals surface area contributed by atoms with Crippen molar-refractivity contribution in [3.63, 3.8) is 0 Å². The first-order valence-corrected chi connectivity index (χ1v) is 10.5. The van der Waals surface area contributed by atoms with Crippen molar-refractivity contribution in [2.24, 2.45) is 0 Å². The van der Waals surface area contributed by atoms with Gasteiger partial charge in [0, 0.05) is 17.6 Å². The molecule has 1 N–H and O–H groups in total. The number of halogens is 2. The highest BCUT2D eigenvalue weighted by molar-refractivity contribution is 9.10. The molecule has 0 atom stereocenters. The Bertz CT molecular complexity index is 998. The van der Waals surface area contributed by atoms with Crippen molar-refractivity contribution in [2.45, 2.75) is 6.92 Å². The number of hydrogen-bond donors (Lipinski definition) is 1. The number of hydrogen-bond acceptors (Lipinski definition) is 5. The van der Waals surface area contributed by atoms with E-state index in [1.54, 1.807) is 6.07 Å². The minimum absolute atomic E-state index is 0.0144. The molecule has 0 saturated carbocycles. The first kappa shape index (κ1) is 22.0. The summed E-state index contributed by atoms with van der Waals surface area (Å²) in [5, 5.41) is 2.45. The van der Waals surface area contributed by atoms with Crippen molar-refractivity contribution in [3.8, 4) is 11.5 Å². The van der Waals surface area contributed by atoms with Gasteiger partial charge in [0.15, 0.2) is 11.5 Å². The Labute approximate surface area is 171 Å². The average Bonchev–Trinajstić information content (AvgIpc) is 2.68. The van der Waals surface area contributed by atoms with Crippen molar-refractivity contribution in [2.75, 3.05) is 36.6 Å². The maximum absolute atomic E-state index is 14.1. The third-order valence-electron chi connectivity index (χ3n) is 4.05. The summed E-state index contributed by atoms with van der Waals surface area (Å²) in [5.41, 5.74) is 0.0175. The molecule has 0 saturated heterocycles. The number of rotatable bonds is 7. The lowest BCUT2D eigenvalue weighted by atomic mass is 10.1. The summed E-state index contributed by atoms with van der Waals surface area (Å²) in [6.07, 6.45) is 0. The molecule has 0 aliphatic rings. The molecular weight excluding hydrogens is 455 g/mol. The van der Waals surface area contributed by atoms with Gasteiger partial charge in [-0.15, -0.1) is 0 Å². The molecule has 0 heterocycles. The minimum Gasteiger partial charge on any atom is -0.493 e. The molecule has 152 valence electrons. The Morgan fingerprint density at radius 1 is 1.18 bits per heavy atom. The van der Waals surface area contributed by atoms with E-state index in [2.05, 4.69) is 21.2 Å².